The zero-order chi connectivity index (χ0) is 14.6. The van der Waals surface area contributed by atoms with Gasteiger partial charge in [-0.1, -0.05) is 45.0 Å². The van der Waals surface area contributed by atoms with Crippen molar-refractivity contribution in [1.29, 1.82) is 0 Å². The van der Waals surface area contributed by atoms with E-state index in [-0.39, 0.29) is 17.4 Å². The lowest BCUT2D eigenvalue weighted by atomic mass is 9.87. The lowest BCUT2D eigenvalue weighted by Gasteiger charge is -2.23. The Labute approximate surface area is 121 Å². The first-order valence-electron chi connectivity index (χ1n) is 7.28. The number of carbonyl (C=O) groups excluding carboxylic acids is 1. The first-order chi connectivity index (χ1) is 9.47. The minimum Gasteiger partial charge on any atom is -0.351 e. The lowest BCUT2D eigenvalue weighted by Crippen LogP contribution is -2.55. The Balaban J connectivity index is 1.86. The molecule has 1 aliphatic rings. The van der Waals surface area contributed by atoms with E-state index in [0.29, 0.717) is 13.1 Å². The Bertz CT molecular complexity index is 442. The van der Waals surface area contributed by atoms with Gasteiger partial charge in [0.05, 0.1) is 6.04 Å². The van der Waals surface area contributed by atoms with E-state index in [9.17, 15) is 4.79 Å². The van der Waals surface area contributed by atoms with Crippen LogP contribution in [-0.4, -0.2) is 31.6 Å². The van der Waals surface area contributed by atoms with Crippen LogP contribution in [0.25, 0.3) is 0 Å². The highest BCUT2D eigenvalue weighted by atomic mass is 16.2. The van der Waals surface area contributed by atoms with Crippen LogP contribution in [0.4, 0.5) is 0 Å². The third kappa shape index (κ3) is 4.05. The second kappa shape index (κ2) is 6.37. The zero-order valence-corrected chi connectivity index (χ0v) is 12.6. The van der Waals surface area contributed by atoms with Gasteiger partial charge < -0.3 is 16.0 Å². The number of hydrogen-bond acceptors (Lipinski definition) is 3. The van der Waals surface area contributed by atoms with Crippen LogP contribution in [0.1, 0.15) is 31.9 Å². The van der Waals surface area contributed by atoms with E-state index in [1.54, 1.807) is 0 Å². The van der Waals surface area contributed by atoms with Gasteiger partial charge in [-0.15, -0.1) is 0 Å². The van der Waals surface area contributed by atoms with Gasteiger partial charge in [-0.3, -0.25) is 4.79 Å². The summed E-state index contributed by atoms with van der Waals surface area (Å²) < 4.78 is 0. The second-order valence-electron chi connectivity index (χ2n) is 6.38. The van der Waals surface area contributed by atoms with Gasteiger partial charge >= 0.3 is 0 Å². The molecule has 0 saturated carbocycles. The minimum atomic E-state index is -0.113. The molecule has 1 unspecified atom stereocenters. The van der Waals surface area contributed by atoms with Crippen molar-refractivity contribution < 1.29 is 4.79 Å². The molecule has 3 N–H and O–H groups in total. The van der Waals surface area contributed by atoms with Crippen molar-refractivity contribution in [2.45, 2.75) is 38.8 Å². The SMILES string of the molecule is CC(C)(C)c1ccc(CNC(=O)C2CNCCN2)cc1. The molecule has 1 aromatic rings. The molecule has 0 aliphatic carbocycles. The molecule has 0 aromatic heterocycles. The quantitative estimate of drug-likeness (QED) is 0.776. The fraction of sp³-hybridized carbons (Fsp3) is 0.562. The summed E-state index contributed by atoms with van der Waals surface area (Å²) in [4.78, 5) is 12.0. The van der Waals surface area contributed by atoms with Crippen LogP contribution >= 0.6 is 0 Å². The molecule has 1 heterocycles. The third-order valence-corrected chi connectivity index (χ3v) is 3.64. The Morgan fingerprint density at radius 1 is 1.25 bits per heavy atom. The summed E-state index contributed by atoms with van der Waals surface area (Å²) in [6, 6.07) is 8.35. The molecule has 4 heteroatoms. The van der Waals surface area contributed by atoms with E-state index in [1.807, 2.05) is 0 Å². The second-order valence-corrected chi connectivity index (χ2v) is 6.38. The number of amides is 1. The van der Waals surface area contributed by atoms with Crippen molar-refractivity contribution in [1.82, 2.24) is 16.0 Å². The van der Waals surface area contributed by atoms with Gasteiger partial charge in [0.25, 0.3) is 0 Å². The number of hydrogen-bond donors (Lipinski definition) is 3. The maximum absolute atomic E-state index is 12.0. The summed E-state index contributed by atoms with van der Waals surface area (Å²) in [7, 11) is 0. The van der Waals surface area contributed by atoms with E-state index in [0.717, 1.165) is 18.7 Å². The fourth-order valence-corrected chi connectivity index (χ4v) is 2.27. The standard InChI is InChI=1S/C16H25N3O/c1-16(2,3)13-6-4-12(5-7-13)10-19-15(20)14-11-17-8-9-18-14/h4-7,14,17-18H,8-11H2,1-3H3,(H,19,20). The molecule has 1 aliphatic heterocycles. The number of rotatable bonds is 3. The topological polar surface area (TPSA) is 53.2 Å². The smallest absolute Gasteiger partial charge is 0.238 e. The van der Waals surface area contributed by atoms with Crippen molar-refractivity contribution in [3.63, 3.8) is 0 Å². The first kappa shape index (κ1) is 15.0. The van der Waals surface area contributed by atoms with E-state index >= 15 is 0 Å². The molecule has 0 spiro atoms. The Hall–Kier alpha value is -1.39. The van der Waals surface area contributed by atoms with Gasteiger partial charge in [0.1, 0.15) is 0 Å². The molecule has 110 valence electrons. The van der Waals surface area contributed by atoms with Crippen LogP contribution in [0.15, 0.2) is 24.3 Å². The zero-order valence-electron chi connectivity index (χ0n) is 12.6. The van der Waals surface area contributed by atoms with E-state index in [4.69, 9.17) is 0 Å². The van der Waals surface area contributed by atoms with Crippen molar-refractivity contribution in [3.05, 3.63) is 35.4 Å². The molecule has 1 atom stereocenters. The lowest BCUT2D eigenvalue weighted by molar-refractivity contribution is -0.123. The normalized spacial score (nSPS) is 19.6. The van der Waals surface area contributed by atoms with E-state index in [2.05, 4.69) is 61.0 Å². The summed E-state index contributed by atoms with van der Waals surface area (Å²) in [5, 5.41) is 9.41. The molecule has 1 aromatic carbocycles. The van der Waals surface area contributed by atoms with Gasteiger partial charge in [-0.05, 0) is 16.5 Å². The summed E-state index contributed by atoms with van der Waals surface area (Å²) in [5.74, 6) is 0.0668. The molecule has 0 radical (unpaired) electrons. The molecule has 4 nitrogen and oxygen atoms in total. The maximum atomic E-state index is 12.0. The van der Waals surface area contributed by atoms with Gasteiger partial charge in [0, 0.05) is 26.2 Å². The Morgan fingerprint density at radius 2 is 1.95 bits per heavy atom. The van der Waals surface area contributed by atoms with Gasteiger partial charge in [0.15, 0.2) is 0 Å². The summed E-state index contributed by atoms with van der Waals surface area (Å²) in [6.45, 7) is 9.66. The van der Waals surface area contributed by atoms with Crippen LogP contribution in [-0.2, 0) is 16.8 Å². The molecule has 0 bridgehead atoms. The van der Waals surface area contributed by atoms with Crippen molar-refractivity contribution in [2.24, 2.45) is 0 Å². The predicted octanol–water partition coefficient (Wildman–Crippen LogP) is 1.16. The minimum absolute atomic E-state index is 0.0668. The fourth-order valence-electron chi connectivity index (χ4n) is 2.27. The highest BCUT2D eigenvalue weighted by Crippen LogP contribution is 2.22. The van der Waals surface area contributed by atoms with Crippen LogP contribution in [0.2, 0.25) is 0 Å². The van der Waals surface area contributed by atoms with Gasteiger partial charge in [0.2, 0.25) is 5.91 Å². The largest absolute Gasteiger partial charge is 0.351 e. The van der Waals surface area contributed by atoms with E-state index < -0.39 is 0 Å². The molecule has 1 fully saturated rings. The Kier molecular flexibility index (Phi) is 4.78. The number of carbonyl (C=O) groups is 1. The first-order valence-corrected chi connectivity index (χ1v) is 7.28. The molecule has 20 heavy (non-hydrogen) atoms. The number of benzene rings is 1. The van der Waals surface area contributed by atoms with Crippen molar-refractivity contribution in [3.8, 4) is 0 Å². The highest BCUT2D eigenvalue weighted by molar-refractivity contribution is 5.82. The maximum Gasteiger partial charge on any atom is 0.238 e. The average molecular weight is 275 g/mol. The van der Waals surface area contributed by atoms with Gasteiger partial charge in [-0.25, -0.2) is 0 Å². The molecular weight excluding hydrogens is 250 g/mol. The number of piperazine rings is 1. The Morgan fingerprint density at radius 3 is 2.50 bits per heavy atom. The van der Waals surface area contributed by atoms with Crippen LogP contribution in [0.3, 0.4) is 0 Å². The summed E-state index contributed by atoms with van der Waals surface area (Å²) in [6.07, 6.45) is 0. The van der Waals surface area contributed by atoms with Crippen molar-refractivity contribution in [2.75, 3.05) is 19.6 Å². The summed E-state index contributed by atoms with van der Waals surface area (Å²) in [5.41, 5.74) is 2.61. The molecule has 2 rings (SSSR count). The number of nitrogens with one attached hydrogen (secondary N) is 3. The summed E-state index contributed by atoms with van der Waals surface area (Å²) >= 11 is 0. The van der Waals surface area contributed by atoms with Crippen molar-refractivity contribution >= 4 is 5.91 Å². The van der Waals surface area contributed by atoms with Crippen LogP contribution < -0.4 is 16.0 Å². The average Bonchev–Trinajstić information content (AvgIpc) is 2.45. The molecule has 1 amide bonds. The third-order valence-electron chi connectivity index (χ3n) is 3.64. The van der Waals surface area contributed by atoms with E-state index in [1.165, 1.54) is 5.56 Å². The molecular formula is C16H25N3O. The highest BCUT2D eigenvalue weighted by Gasteiger charge is 2.19. The van der Waals surface area contributed by atoms with Crippen LogP contribution in [0, 0.1) is 0 Å². The predicted molar refractivity (Wildman–Crippen MR) is 81.6 cm³/mol. The monoisotopic (exact) mass is 275 g/mol. The van der Waals surface area contributed by atoms with Crippen LogP contribution in [0.5, 0.6) is 0 Å². The van der Waals surface area contributed by atoms with Gasteiger partial charge in [-0.2, -0.15) is 0 Å². The molecule has 1 saturated heterocycles.